The van der Waals surface area contributed by atoms with Crippen LogP contribution in [-0.4, -0.2) is 61.9 Å². The Hall–Kier alpha value is -3.00. The third kappa shape index (κ3) is 3.90. The molecule has 0 unspecified atom stereocenters. The van der Waals surface area contributed by atoms with Crippen molar-refractivity contribution in [2.24, 2.45) is 0 Å². The number of carbonyl (C=O) groups excluding carboxylic acids is 1. The number of anilines is 1. The van der Waals surface area contributed by atoms with Gasteiger partial charge in [-0.2, -0.15) is 5.10 Å². The van der Waals surface area contributed by atoms with Gasteiger partial charge in [-0.05, 0) is 23.8 Å². The van der Waals surface area contributed by atoms with E-state index in [1.165, 1.54) is 6.33 Å². The molecule has 1 saturated heterocycles. The molecule has 27 heavy (non-hydrogen) atoms. The average Bonchev–Trinajstić information content (AvgIpc) is 3.25. The predicted octanol–water partition coefficient (Wildman–Crippen LogP) is 1.60. The Balaban J connectivity index is 1.34. The van der Waals surface area contributed by atoms with Gasteiger partial charge in [-0.25, -0.2) is 9.67 Å². The van der Waals surface area contributed by atoms with Gasteiger partial charge in [0, 0.05) is 31.2 Å². The average molecular weight is 384 g/mol. The number of hydrogen-bond donors (Lipinski definition) is 0. The van der Waals surface area contributed by atoms with Crippen LogP contribution in [-0.2, 0) is 11.2 Å². The molecule has 1 fully saturated rings. The van der Waals surface area contributed by atoms with Crippen molar-refractivity contribution in [1.82, 2.24) is 29.9 Å². The molecule has 9 heteroatoms. The SMILES string of the molecule is O=C(Cc1ccccc1Cl)N1CCN(c2ccc(-n3cncn3)nn2)CC1. The summed E-state index contributed by atoms with van der Waals surface area (Å²) in [5, 5.41) is 13.1. The number of carbonyl (C=O) groups is 1. The summed E-state index contributed by atoms with van der Waals surface area (Å²) in [7, 11) is 0. The molecule has 3 heterocycles. The van der Waals surface area contributed by atoms with E-state index in [1.54, 1.807) is 11.0 Å². The van der Waals surface area contributed by atoms with E-state index in [2.05, 4.69) is 25.2 Å². The highest BCUT2D eigenvalue weighted by molar-refractivity contribution is 6.31. The largest absolute Gasteiger partial charge is 0.352 e. The molecular formula is C18H18ClN7O. The maximum Gasteiger partial charge on any atom is 0.227 e. The minimum absolute atomic E-state index is 0.0929. The second kappa shape index (κ2) is 7.71. The van der Waals surface area contributed by atoms with Crippen LogP contribution in [0.3, 0.4) is 0 Å². The molecule has 8 nitrogen and oxygen atoms in total. The molecule has 3 aromatic rings. The molecule has 0 atom stereocenters. The van der Waals surface area contributed by atoms with Crippen LogP contribution in [0.1, 0.15) is 5.56 Å². The van der Waals surface area contributed by atoms with E-state index in [4.69, 9.17) is 11.6 Å². The summed E-state index contributed by atoms with van der Waals surface area (Å²) in [6.45, 7) is 2.73. The molecule has 0 aliphatic carbocycles. The van der Waals surface area contributed by atoms with Crippen molar-refractivity contribution < 1.29 is 4.79 Å². The Labute approximate surface area is 161 Å². The summed E-state index contributed by atoms with van der Waals surface area (Å²) < 4.78 is 1.56. The normalized spacial score (nSPS) is 14.4. The first-order valence-corrected chi connectivity index (χ1v) is 9.03. The lowest BCUT2D eigenvalue weighted by Gasteiger charge is -2.35. The fourth-order valence-electron chi connectivity index (χ4n) is 3.04. The lowest BCUT2D eigenvalue weighted by Crippen LogP contribution is -2.49. The van der Waals surface area contributed by atoms with Gasteiger partial charge in [0.25, 0.3) is 0 Å². The molecule has 0 bridgehead atoms. The molecule has 1 aliphatic heterocycles. The highest BCUT2D eigenvalue weighted by Crippen LogP contribution is 2.18. The molecule has 4 rings (SSSR count). The summed E-state index contributed by atoms with van der Waals surface area (Å²) >= 11 is 6.16. The molecule has 0 N–H and O–H groups in total. The second-order valence-electron chi connectivity index (χ2n) is 6.23. The van der Waals surface area contributed by atoms with E-state index < -0.39 is 0 Å². The second-order valence-corrected chi connectivity index (χ2v) is 6.63. The summed E-state index contributed by atoms with van der Waals surface area (Å²) in [6, 6.07) is 11.2. The topological polar surface area (TPSA) is 80.0 Å². The number of rotatable bonds is 4. The van der Waals surface area contributed by atoms with Crippen LogP contribution < -0.4 is 4.90 Å². The van der Waals surface area contributed by atoms with Crippen LogP contribution in [0.2, 0.25) is 5.02 Å². The summed E-state index contributed by atoms with van der Waals surface area (Å²) in [4.78, 5) is 20.4. The van der Waals surface area contributed by atoms with Crippen molar-refractivity contribution in [2.75, 3.05) is 31.1 Å². The summed E-state index contributed by atoms with van der Waals surface area (Å²) in [6.07, 6.45) is 3.35. The molecular weight excluding hydrogens is 366 g/mol. The van der Waals surface area contributed by atoms with Crippen molar-refractivity contribution in [3.8, 4) is 5.82 Å². The minimum Gasteiger partial charge on any atom is -0.352 e. The van der Waals surface area contributed by atoms with Gasteiger partial charge < -0.3 is 9.80 Å². The predicted molar refractivity (Wildman–Crippen MR) is 101 cm³/mol. The molecule has 138 valence electrons. The Morgan fingerprint density at radius 2 is 1.74 bits per heavy atom. The number of nitrogens with zero attached hydrogens (tertiary/aromatic N) is 7. The Morgan fingerprint density at radius 3 is 2.41 bits per heavy atom. The Morgan fingerprint density at radius 1 is 1.00 bits per heavy atom. The van der Waals surface area contributed by atoms with E-state index in [9.17, 15) is 4.79 Å². The Bertz CT molecular complexity index is 906. The van der Waals surface area contributed by atoms with Crippen molar-refractivity contribution in [3.05, 3.63) is 59.6 Å². The van der Waals surface area contributed by atoms with Gasteiger partial charge in [-0.15, -0.1) is 10.2 Å². The Kier molecular flexibility index (Phi) is 4.97. The van der Waals surface area contributed by atoms with Gasteiger partial charge in [0.2, 0.25) is 5.91 Å². The van der Waals surface area contributed by atoms with Gasteiger partial charge in [0.05, 0.1) is 6.42 Å². The first kappa shape index (κ1) is 17.4. The molecule has 1 amide bonds. The number of amides is 1. The number of hydrogen-bond acceptors (Lipinski definition) is 6. The fraction of sp³-hybridized carbons (Fsp3) is 0.278. The first-order valence-electron chi connectivity index (χ1n) is 8.65. The van der Waals surface area contributed by atoms with Crippen molar-refractivity contribution >= 4 is 23.3 Å². The summed E-state index contributed by atoms with van der Waals surface area (Å²) in [5.41, 5.74) is 0.862. The van der Waals surface area contributed by atoms with Crippen molar-refractivity contribution in [1.29, 1.82) is 0 Å². The molecule has 0 spiro atoms. The van der Waals surface area contributed by atoms with Gasteiger partial charge in [-0.1, -0.05) is 29.8 Å². The highest BCUT2D eigenvalue weighted by atomic mass is 35.5. The van der Waals surface area contributed by atoms with Gasteiger partial charge >= 0.3 is 0 Å². The molecule has 0 saturated carbocycles. The van der Waals surface area contributed by atoms with Crippen molar-refractivity contribution in [3.63, 3.8) is 0 Å². The van der Waals surface area contributed by atoms with Crippen molar-refractivity contribution in [2.45, 2.75) is 6.42 Å². The van der Waals surface area contributed by atoms with Crippen LogP contribution in [0.4, 0.5) is 5.82 Å². The van der Waals surface area contributed by atoms with E-state index >= 15 is 0 Å². The van der Waals surface area contributed by atoms with Crippen LogP contribution in [0, 0.1) is 0 Å². The molecule has 2 aromatic heterocycles. The maximum absolute atomic E-state index is 12.5. The van der Waals surface area contributed by atoms with E-state index in [0.717, 1.165) is 11.4 Å². The zero-order valence-electron chi connectivity index (χ0n) is 14.6. The molecule has 1 aliphatic rings. The zero-order chi connectivity index (χ0) is 18.6. The lowest BCUT2D eigenvalue weighted by atomic mass is 10.1. The highest BCUT2D eigenvalue weighted by Gasteiger charge is 2.22. The standard InChI is InChI=1S/C18H18ClN7O/c19-15-4-2-1-3-14(15)11-18(27)25-9-7-24(8-10-25)16-5-6-17(23-22-16)26-13-20-12-21-26/h1-6,12-13H,7-11H2. The minimum atomic E-state index is 0.0929. The summed E-state index contributed by atoms with van der Waals surface area (Å²) in [5.74, 6) is 1.50. The van der Waals surface area contributed by atoms with Crippen LogP contribution in [0.5, 0.6) is 0 Å². The van der Waals surface area contributed by atoms with Gasteiger partial charge in [-0.3, -0.25) is 4.79 Å². The van der Waals surface area contributed by atoms with Crippen LogP contribution >= 0.6 is 11.6 Å². The fourth-order valence-corrected chi connectivity index (χ4v) is 3.24. The number of benzene rings is 1. The molecule has 1 aromatic carbocycles. The number of halogens is 1. The zero-order valence-corrected chi connectivity index (χ0v) is 15.3. The first-order chi connectivity index (χ1) is 13.2. The van der Waals surface area contributed by atoms with E-state index in [0.29, 0.717) is 43.4 Å². The van der Waals surface area contributed by atoms with E-state index in [-0.39, 0.29) is 5.91 Å². The van der Waals surface area contributed by atoms with E-state index in [1.807, 2.05) is 41.3 Å². The van der Waals surface area contributed by atoms with Gasteiger partial charge in [0.1, 0.15) is 12.7 Å². The van der Waals surface area contributed by atoms with Crippen LogP contribution in [0.25, 0.3) is 5.82 Å². The van der Waals surface area contributed by atoms with Crippen LogP contribution in [0.15, 0.2) is 49.1 Å². The number of aromatic nitrogens is 5. The van der Waals surface area contributed by atoms with Gasteiger partial charge in [0.15, 0.2) is 11.6 Å². The third-order valence-electron chi connectivity index (χ3n) is 4.55. The lowest BCUT2D eigenvalue weighted by molar-refractivity contribution is -0.130. The third-order valence-corrected chi connectivity index (χ3v) is 4.91. The monoisotopic (exact) mass is 383 g/mol. The molecule has 0 radical (unpaired) electrons. The quantitative estimate of drug-likeness (QED) is 0.680. The number of piperazine rings is 1. The smallest absolute Gasteiger partial charge is 0.227 e. The maximum atomic E-state index is 12.5.